The maximum Gasteiger partial charge on any atom is 0.164 e. The number of ether oxygens (including phenoxy) is 2. The quantitative estimate of drug-likeness (QED) is 0.773. The van der Waals surface area contributed by atoms with Gasteiger partial charge in [0.05, 0.1) is 14.2 Å². The summed E-state index contributed by atoms with van der Waals surface area (Å²) in [6, 6.07) is 5.95. The Kier molecular flexibility index (Phi) is 4.26. The second kappa shape index (κ2) is 5.25. The average Bonchev–Trinajstić information content (AvgIpc) is 2.26. The van der Waals surface area contributed by atoms with E-state index in [0.717, 1.165) is 16.8 Å². The van der Waals surface area contributed by atoms with Gasteiger partial charge in [0, 0.05) is 10.9 Å². The molecule has 0 aromatic heterocycles. The smallest absolute Gasteiger partial charge is 0.164 e. The Balaban J connectivity index is 3.14. The first-order valence-corrected chi connectivity index (χ1v) is 5.63. The minimum absolute atomic E-state index is 0.417. The van der Waals surface area contributed by atoms with Gasteiger partial charge in [0.15, 0.2) is 11.5 Å². The van der Waals surface area contributed by atoms with Crippen molar-refractivity contribution >= 4 is 15.9 Å². The number of benzene rings is 1. The molecule has 0 aliphatic heterocycles. The Bertz CT molecular complexity index is 299. The summed E-state index contributed by atoms with van der Waals surface area (Å²) in [6.45, 7) is 2.14. The maximum absolute atomic E-state index is 5.34. The summed E-state index contributed by atoms with van der Waals surface area (Å²) in [4.78, 5) is 0. The van der Waals surface area contributed by atoms with Gasteiger partial charge < -0.3 is 9.47 Å². The van der Waals surface area contributed by atoms with E-state index >= 15 is 0 Å². The number of hydrogen-bond acceptors (Lipinski definition) is 2. The lowest BCUT2D eigenvalue weighted by molar-refractivity contribution is 0.350. The lowest BCUT2D eigenvalue weighted by Gasteiger charge is -2.15. The molecule has 0 radical (unpaired) electrons. The first-order valence-electron chi connectivity index (χ1n) is 4.51. The monoisotopic (exact) mass is 258 g/mol. The number of methoxy groups -OCH3 is 2. The van der Waals surface area contributed by atoms with Gasteiger partial charge in [-0.15, -0.1) is 0 Å². The summed E-state index contributed by atoms with van der Waals surface area (Å²) in [5.41, 5.74) is 1.17. The fourth-order valence-electron chi connectivity index (χ4n) is 1.38. The third-order valence-electron chi connectivity index (χ3n) is 2.20. The van der Waals surface area contributed by atoms with Gasteiger partial charge in [-0.2, -0.15) is 0 Å². The Labute approximate surface area is 93.4 Å². The lowest BCUT2D eigenvalue weighted by atomic mass is 10.0. The number of hydrogen-bond donors (Lipinski definition) is 0. The van der Waals surface area contributed by atoms with E-state index in [1.165, 1.54) is 5.56 Å². The van der Waals surface area contributed by atoms with Gasteiger partial charge in [0.2, 0.25) is 0 Å². The highest BCUT2D eigenvalue weighted by Gasteiger charge is 2.13. The molecule has 3 heteroatoms. The lowest BCUT2D eigenvalue weighted by Crippen LogP contribution is -2.00. The zero-order valence-corrected chi connectivity index (χ0v) is 10.3. The molecular weight excluding hydrogens is 244 g/mol. The van der Waals surface area contributed by atoms with Crippen LogP contribution in [0.15, 0.2) is 18.2 Å². The fraction of sp³-hybridized carbons (Fsp3) is 0.455. The van der Waals surface area contributed by atoms with Crippen LogP contribution in [0.4, 0.5) is 0 Å². The SMILES string of the molecule is COc1cccc(C(C)CBr)c1OC. The van der Waals surface area contributed by atoms with Gasteiger partial charge in [0.25, 0.3) is 0 Å². The summed E-state index contributed by atoms with van der Waals surface area (Å²) >= 11 is 3.46. The van der Waals surface area contributed by atoms with Crippen LogP contribution in [-0.4, -0.2) is 19.5 Å². The fourth-order valence-corrected chi connectivity index (χ4v) is 1.73. The van der Waals surface area contributed by atoms with Crippen LogP contribution in [-0.2, 0) is 0 Å². The number of para-hydroxylation sites is 1. The largest absolute Gasteiger partial charge is 0.493 e. The average molecular weight is 259 g/mol. The van der Waals surface area contributed by atoms with Gasteiger partial charge >= 0.3 is 0 Å². The molecule has 0 saturated carbocycles. The molecule has 0 aliphatic carbocycles. The summed E-state index contributed by atoms with van der Waals surface area (Å²) in [7, 11) is 3.32. The van der Waals surface area contributed by atoms with Crippen molar-refractivity contribution in [1.82, 2.24) is 0 Å². The van der Waals surface area contributed by atoms with Gasteiger partial charge in [-0.05, 0) is 12.0 Å². The molecule has 14 heavy (non-hydrogen) atoms. The number of rotatable bonds is 4. The molecule has 1 aromatic rings. The molecular formula is C11H15BrO2. The summed E-state index contributed by atoms with van der Waals surface area (Å²) in [5, 5.41) is 0.913. The minimum Gasteiger partial charge on any atom is -0.493 e. The molecule has 0 N–H and O–H groups in total. The number of alkyl halides is 1. The number of halogens is 1. The third kappa shape index (κ3) is 2.21. The Morgan fingerprint density at radius 3 is 2.50 bits per heavy atom. The predicted molar refractivity (Wildman–Crippen MR) is 61.8 cm³/mol. The van der Waals surface area contributed by atoms with Crippen molar-refractivity contribution in [2.24, 2.45) is 0 Å². The normalized spacial score (nSPS) is 12.3. The van der Waals surface area contributed by atoms with E-state index in [-0.39, 0.29) is 0 Å². The molecule has 1 atom stereocenters. The Morgan fingerprint density at radius 1 is 1.29 bits per heavy atom. The topological polar surface area (TPSA) is 18.5 Å². The highest BCUT2D eigenvalue weighted by atomic mass is 79.9. The summed E-state index contributed by atoms with van der Waals surface area (Å²) < 4.78 is 10.6. The van der Waals surface area contributed by atoms with E-state index in [9.17, 15) is 0 Å². The van der Waals surface area contributed by atoms with Crippen molar-refractivity contribution in [3.8, 4) is 11.5 Å². The van der Waals surface area contributed by atoms with E-state index in [1.807, 2.05) is 12.1 Å². The molecule has 1 unspecified atom stereocenters. The van der Waals surface area contributed by atoms with Gasteiger partial charge in [-0.25, -0.2) is 0 Å². The molecule has 1 aromatic carbocycles. The molecule has 0 heterocycles. The highest BCUT2D eigenvalue weighted by Crippen LogP contribution is 2.35. The molecule has 78 valence electrons. The van der Waals surface area contributed by atoms with E-state index in [0.29, 0.717) is 5.92 Å². The highest BCUT2D eigenvalue weighted by molar-refractivity contribution is 9.09. The van der Waals surface area contributed by atoms with Crippen LogP contribution in [0.5, 0.6) is 11.5 Å². The van der Waals surface area contributed by atoms with E-state index in [1.54, 1.807) is 14.2 Å². The summed E-state index contributed by atoms with van der Waals surface area (Å²) in [5.74, 6) is 2.04. The molecule has 0 aliphatic rings. The molecule has 0 amide bonds. The second-order valence-electron chi connectivity index (χ2n) is 3.14. The van der Waals surface area contributed by atoms with E-state index in [4.69, 9.17) is 9.47 Å². The van der Waals surface area contributed by atoms with E-state index in [2.05, 4.69) is 28.9 Å². The van der Waals surface area contributed by atoms with Crippen LogP contribution in [0.25, 0.3) is 0 Å². The summed E-state index contributed by atoms with van der Waals surface area (Å²) in [6.07, 6.45) is 0. The van der Waals surface area contributed by atoms with Crippen molar-refractivity contribution in [2.75, 3.05) is 19.5 Å². The van der Waals surface area contributed by atoms with Crippen molar-refractivity contribution in [1.29, 1.82) is 0 Å². The molecule has 2 nitrogen and oxygen atoms in total. The molecule has 0 saturated heterocycles. The van der Waals surface area contributed by atoms with Crippen LogP contribution < -0.4 is 9.47 Å². The predicted octanol–water partition coefficient (Wildman–Crippen LogP) is 3.20. The first-order chi connectivity index (χ1) is 6.74. The van der Waals surface area contributed by atoms with Gasteiger partial charge in [-0.1, -0.05) is 35.0 Å². The van der Waals surface area contributed by atoms with Crippen LogP contribution >= 0.6 is 15.9 Å². The molecule has 0 spiro atoms. The van der Waals surface area contributed by atoms with Crippen molar-refractivity contribution in [3.63, 3.8) is 0 Å². The van der Waals surface area contributed by atoms with Gasteiger partial charge in [0.1, 0.15) is 0 Å². The Hall–Kier alpha value is -0.700. The van der Waals surface area contributed by atoms with Crippen molar-refractivity contribution < 1.29 is 9.47 Å². The van der Waals surface area contributed by atoms with Crippen molar-refractivity contribution in [2.45, 2.75) is 12.8 Å². The zero-order valence-electron chi connectivity index (χ0n) is 8.71. The Morgan fingerprint density at radius 2 is 2.00 bits per heavy atom. The third-order valence-corrected chi connectivity index (χ3v) is 3.17. The van der Waals surface area contributed by atoms with Crippen LogP contribution in [0.2, 0.25) is 0 Å². The van der Waals surface area contributed by atoms with Crippen LogP contribution in [0.1, 0.15) is 18.4 Å². The zero-order chi connectivity index (χ0) is 10.6. The van der Waals surface area contributed by atoms with Crippen LogP contribution in [0.3, 0.4) is 0 Å². The molecule has 0 fully saturated rings. The molecule has 0 bridgehead atoms. The molecule has 1 rings (SSSR count). The van der Waals surface area contributed by atoms with E-state index < -0.39 is 0 Å². The van der Waals surface area contributed by atoms with Gasteiger partial charge in [-0.3, -0.25) is 0 Å². The standard InChI is InChI=1S/C11H15BrO2/c1-8(7-12)9-5-4-6-10(13-2)11(9)14-3/h4-6,8H,7H2,1-3H3. The minimum atomic E-state index is 0.417. The maximum atomic E-state index is 5.34. The first kappa shape index (κ1) is 11.4. The van der Waals surface area contributed by atoms with Crippen molar-refractivity contribution in [3.05, 3.63) is 23.8 Å². The second-order valence-corrected chi connectivity index (χ2v) is 3.79. The van der Waals surface area contributed by atoms with Crippen LogP contribution in [0, 0.1) is 0 Å².